The number of benzene rings is 1. The smallest absolute Gasteiger partial charge is 0.119 e. The zero-order chi connectivity index (χ0) is 9.68. The molecule has 1 rings (SSSR count). The fourth-order valence-electron chi connectivity index (χ4n) is 0.814. The molecule has 0 aliphatic carbocycles. The predicted molar refractivity (Wildman–Crippen MR) is 59.9 cm³/mol. The van der Waals surface area contributed by atoms with Gasteiger partial charge in [0.2, 0.25) is 0 Å². The van der Waals surface area contributed by atoms with Gasteiger partial charge in [-0.2, -0.15) is 0 Å². The van der Waals surface area contributed by atoms with Crippen molar-refractivity contribution >= 4 is 27.5 Å². The molecule has 1 aromatic carbocycles. The van der Waals surface area contributed by atoms with E-state index in [9.17, 15) is 0 Å². The van der Waals surface area contributed by atoms with Gasteiger partial charge in [-0.15, -0.1) is 0 Å². The Morgan fingerprint density at radius 1 is 1.38 bits per heavy atom. The van der Waals surface area contributed by atoms with Gasteiger partial charge in [-0.1, -0.05) is 34.5 Å². The molecule has 1 nitrogen and oxygen atoms in total. The molecule has 0 aliphatic rings. The van der Waals surface area contributed by atoms with Crippen molar-refractivity contribution in [2.75, 3.05) is 11.9 Å². The molecule has 1 aromatic rings. The SMILES string of the molecule is CC(CBr)COc1ccc(Cl)cc1. The quantitative estimate of drug-likeness (QED) is 0.752. The Morgan fingerprint density at radius 3 is 2.54 bits per heavy atom. The van der Waals surface area contributed by atoms with Crippen LogP contribution in [-0.2, 0) is 0 Å². The van der Waals surface area contributed by atoms with Crippen molar-refractivity contribution < 1.29 is 4.74 Å². The summed E-state index contributed by atoms with van der Waals surface area (Å²) >= 11 is 9.14. The third-order valence-electron chi connectivity index (χ3n) is 1.61. The normalized spacial score (nSPS) is 12.5. The standard InChI is InChI=1S/C10H12BrClO/c1-8(6-11)7-13-10-4-2-9(12)3-5-10/h2-5,8H,6-7H2,1H3. The highest BCUT2D eigenvalue weighted by Crippen LogP contribution is 2.16. The Hall–Kier alpha value is -0.210. The molecule has 0 amide bonds. The van der Waals surface area contributed by atoms with E-state index in [1.165, 1.54) is 0 Å². The summed E-state index contributed by atoms with van der Waals surface area (Å²) in [6, 6.07) is 7.41. The second-order valence-corrected chi connectivity index (χ2v) is 4.11. The molecule has 1 unspecified atom stereocenters. The van der Waals surface area contributed by atoms with Gasteiger partial charge in [0.05, 0.1) is 6.61 Å². The molecule has 0 radical (unpaired) electrons. The molecule has 0 aromatic heterocycles. The van der Waals surface area contributed by atoms with Gasteiger partial charge in [0.25, 0.3) is 0 Å². The maximum absolute atomic E-state index is 5.74. The minimum Gasteiger partial charge on any atom is -0.493 e. The van der Waals surface area contributed by atoms with Gasteiger partial charge in [-0.05, 0) is 30.2 Å². The molecule has 0 saturated heterocycles. The second-order valence-electron chi connectivity index (χ2n) is 3.02. The lowest BCUT2D eigenvalue weighted by Crippen LogP contribution is -2.09. The molecule has 0 bridgehead atoms. The number of halogens is 2. The topological polar surface area (TPSA) is 9.23 Å². The van der Waals surface area contributed by atoms with Crippen LogP contribution in [0.1, 0.15) is 6.92 Å². The van der Waals surface area contributed by atoms with Crippen LogP contribution in [0, 0.1) is 5.92 Å². The summed E-state index contributed by atoms with van der Waals surface area (Å²) in [4.78, 5) is 0. The van der Waals surface area contributed by atoms with Gasteiger partial charge in [0.1, 0.15) is 5.75 Å². The van der Waals surface area contributed by atoms with Crippen LogP contribution in [0.15, 0.2) is 24.3 Å². The van der Waals surface area contributed by atoms with Crippen LogP contribution in [0.25, 0.3) is 0 Å². The van der Waals surface area contributed by atoms with Gasteiger partial charge < -0.3 is 4.74 Å². The van der Waals surface area contributed by atoms with Crippen molar-refractivity contribution in [3.05, 3.63) is 29.3 Å². The van der Waals surface area contributed by atoms with Crippen molar-refractivity contribution in [3.8, 4) is 5.75 Å². The lowest BCUT2D eigenvalue weighted by atomic mass is 10.2. The maximum atomic E-state index is 5.74. The summed E-state index contributed by atoms with van der Waals surface area (Å²) in [5, 5.41) is 1.70. The summed E-state index contributed by atoms with van der Waals surface area (Å²) < 4.78 is 5.53. The van der Waals surface area contributed by atoms with Crippen LogP contribution in [0.4, 0.5) is 0 Å². The van der Waals surface area contributed by atoms with Crippen LogP contribution >= 0.6 is 27.5 Å². The van der Waals surface area contributed by atoms with Gasteiger partial charge in [0.15, 0.2) is 0 Å². The lowest BCUT2D eigenvalue weighted by molar-refractivity contribution is 0.274. The van der Waals surface area contributed by atoms with E-state index in [4.69, 9.17) is 16.3 Å². The molecular formula is C10H12BrClO. The average Bonchev–Trinajstić information content (AvgIpc) is 2.16. The first-order valence-corrected chi connectivity index (χ1v) is 5.66. The van der Waals surface area contributed by atoms with Gasteiger partial charge >= 0.3 is 0 Å². The van der Waals surface area contributed by atoms with Crippen molar-refractivity contribution in [1.82, 2.24) is 0 Å². The molecule has 3 heteroatoms. The number of ether oxygens (including phenoxy) is 1. The van der Waals surface area contributed by atoms with Crippen molar-refractivity contribution in [3.63, 3.8) is 0 Å². The summed E-state index contributed by atoms with van der Waals surface area (Å²) in [7, 11) is 0. The largest absolute Gasteiger partial charge is 0.493 e. The summed E-state index contributed by atoms with van der Waals surface area (Å²) in [5.41, 5.74) is 0. The monoisotopic (exact) mass is 262 g/mol. The maximum Gasteiger partial charge on any atom is 0.119 e. The summed E-state index contributed by atoms with van der Waals surface area (Å²) in [6.07, 6.45) is 0. The average molecular weight is 264 g/mol. The van der Waals surface area contributed by atoms with E-state index in [-0.39, 0.29) is 0 Å². The van der Waals surface area contributed by atoms with E-state index in [1.54, 1.807) is 0 Å². The minimum atomic E-state index is 0.524. The Balaban J connectivity index is 2.41. The van der Waals surface area contributed by atoms with Crippen LogP contribution in [0.5, 0.6) is 5.75 Å². The Morgan fingerprint density at radius 2 is 2.00 bits per heavy atom. The van der Waals surface area contributed by atoms with Crippen molar-refractivity contribution in [1.29, 1.82) is 0 Å². The molecule has 1 atom stereocenters. The highest BCUT2D eigenvalue weighted by Gasteiger charge is 2.00. The molecule has 0 aliphatic heterocycles. The Bertz CT molecular complexity index is 248. The zero-order valence-corrected chi connectivity index (χ0v) is 9.81. The fraction of sp³-hybridized carbons (Fsp3) is 0.400. The Labute approximate surface area is 92.2 Å². The minimum absolute atomic E-state index is 0.524. The molecule has 13 heavy (non-hydrogen) atoms. The zero-order valence-electron chi connectivity index (χ0n) is 7.47. The highest BCUT2D eigenvalue weighted by atomic mass is 79.9. The van der Waals surface area contributed by atoms with E-state index < -0.39 is 0 Å². The van der Waals surface area contributed by atoms with Crippen molar-refractivity contribution in [2.45, 2.75) is 6.92 Å². The molecule has 0 N–H and O–H groups in total. The predicted octanol–water partition coefficient (Wildman–Crippen LogP) is 3.75. The van der Waals surface area contributed by atoms with Crippen LogP contribution in [0.3, 0.4) is 0 Å². The highest BCUT2D eigenvalue weighted by molar-refractivity contribution is 9.09. The third-order valence-corrected chi connectivity index (χ3v) is 2.97. The number of hydrogen-bond donors (Lipinski definition) is 0. The fourth-order valence-corrected chi connectivity index (χ4v) is 1.13. The second kappa shape index (κ2) is 5.51. The van der Waals surface area contributed by atoms with E-state index in [1.807, 2.05) is 24.3 Å². The molecule has 0 fully saturated rings. The Kier molecular flexibility index (Phi) is 4.60. The van der Waals surface area contributed by atoms with Crippen LogP contribution < -0.4 is 4.74 Å². The number of hydrogen-bond acceptors (Lipinski definition) is 1. The first-order valence-electron chi connectivity index (χ1n) is 4.16. The molecule has 72 valence electrons. The molecule has 0 saturated carbocycles. The van der Waals surface area contributed by atoms with Gasteiger partial charge in [0, 0.05) is 10.4 Å². The van der Waals surface area contributed by atoms with E-state index >= 15 is 0 Å². The molecular weight excluding hydrogens is 251 g/mol. The van der Waals surface area contributed by atoms with E-state index in [2.05, 4.69) is 22.9 Å². The van der Waals surface area contributed by atoms with Crippen molar-refractivity contribution in [2.24, 2.45) is 5.92 Å². The number of rotatable bonds is 4. The van der Waals surface area contributed by atoms with E-state index in [0.29, 0.717) is 5.92 Å². The van der Waals surface area contributed by atoms with Gasteiger partial charge in [-0.25, -0.2) is 0 Å². The first kappa shape index (κ1) is 10.9. The molecule has 0 heterocycles. The lowest BCUT2D eigenvalue weighted by Gasteiger charge is -2.09. The van der Waals surface area contributed by atoms with E-state index in [0.717, 1.165) is 22.7 Å². The van der Waals surface area contributed by atoms with Crippen LogP contribution in [-0.4, -0.2) is 11.9 Å². The summed E-state index contributed by atoms with van der Waals surface area (Å²) in [5.74, 6) is 1.40. The first-order chi connectivity index (χ1) is 6.22. The third kappa shape index (κ3) is 4.01. The van der Waals surface area contributed by atoms with Gasteiger partial charge in [-0.3, -0.25) is 0 Å². The molecule has 0 spiro atoms. The summed E-state index contributed by atoms with van der Waals surface area (Å²) in [6.45, 7) is 2.86. The van der Waals surface area contributed by atoms with Crippen LogP contribution in [0.2, 0.25) is 5.02 Å². The number of alkyl halides is 1.